The molecule has 1 aromatic rings. The lowest BCUT2D eigenvalue weighted by molar-refractivity contribution is 0.0636. The fourth-order valence-electron chi connectivity index (χ4n) is 1.24. The second-order valence-corrected chi connectivity index (χ2v) is 5.03. The number of carbonyl (C=O) groups is 1. The van der Waals surface area contributed by atoms with Crippen molar-refractivity contribution in [3.63, 3.8) is 0 Å². The van der Waals surface area contributed by atoms with E-state index >= 15 is 0 Å². The third-order valence-electron chi connectivity index (χ3n) is 1.92. The first-order valence-corrected chi connectivity index (χ1v) is 5.93. The van der Waals surface area contributed by atoms with E-state index in [-0.39, 0.29) is 6.61 Å². The van der Waals surface area contributed by atoms with Crippen molar-refractivity contribution in [1.82, 2.24) is 0 Å². The van der Waals surface area contributed by atoms with Crippen molar-refractivity contribution in [3.8, 4) is 5.75 Å². The van der Waals surface area contributed by atoms with E-state index in [4.69, 9.17) is 20.3 Å². The standard InChI is InChI=1S/C13H20N2O4/c1-13(2,3)19-12(17)15-9-4-6-10(7-5-9)18-8-11(14)16/h4-7,11,16H,8,14H2,1-3H3,(H,15,17). The molecule has 0 aliphatic rings. The maximum atomic E-state index is 11.5. The summed E-state index contributed by atoms with van der Waals surface area (Å²) >= 11 is 0. The van der Waals surface area contributed by atoms with Gasteiger partial charge >= 0.3 is 6.09 Å². The van der Waals surface area contributed by atoms with Crippen molar-refractivity contribution < 1.29 is 19.4 Å². The predicted octanol–water partition coefficient (Wildman–Crippen LogP) is 1.69. The van der Waals surface area contributed by atoms with Gasteiger partial charge in [-0.1, -0.05) is 0 Å². The van der Waals surface area contributed by atoms with E-state index in [0.717, 1.165) is 0 Å². The van der Waals surface area contributed by atoms with Crippen LogP contribution in [0.1, 0.15) is 20.8 Å². The highest BCUT2D eigenvalue weighted by atomic mass is 16.6. The zero-order chi connectivity index (χ0) is 14.5. The fourth-order valence-corrected chi connectivity index (χ4v) is 1.24. The summed E-state index contributed by atoms with van der Waals surface area (Å²) in [5, 5.41) is 11.5. The van der Waals surface area contributed by atoms with Crippen molar-refractivity contribution in [2.45, 2.75) is 32.6 Å². The number of aliphatic hydroxyl groups is 1. The Morgan fingerprint density at radius 1 is 1.37 bits per heavy atom. The number of hydrogen-bond donors (Lipinski definition) is 3. The van der Waals surface area contributed by atoms with Gasteiger partial charge in [0.2, 0.25) is 0 Å². The van der Waals surface area contributed by atoms with Crippen LogP contribution in [0.2, 0.25) is 0 Å². The topological polar surface area (TPSA) is 93.8 Å². The maximum Gasteiger partial charge on any atom is 0.412 e. The minimum absolute atomic E-state index is 0.0127. The molecule has 1 amide bonds. The monoisotopic (exact) mass is 268 g/mol. The van der Waals surface area contributed by atoms with Gasteiger partial charge in [0, 0.05) is 5.69 Å². The molecule has 1 unspecified atom stereocenters. The number of amides is 1. The highest BCUT2D eigenvalue weighted by molar-refractivity contribution is 5.84. The molecule has 6 heteroatoms. The molecule has 0 saturated heterocycles. The minimum Gasteiger partial charge on any atom is -0.489 e. The smallest absolute Gasteiger partial charge is 0.412 e. The number of hydrogen-bond acceptors (Lipinski definition) is 5. The quantitative estimate of drug-likeness (QED) is 0.722. The van der Waals surface area contributed by atoms with Crippen LogP contribution < -0.4 is 15.8 Å². The first kappa shape index (κ1) is 15.3. The third-order valence-corrected chi connectivity index (χ3v) is 1.92. The summed E-state index contributed by atoms with van der Waals surface area (Å²) < 4.78 is 10.3. The van der Waals surface area contributed by atoms with Crippen LogP contribution in [0.4, 0.5) is 10.5 Å². The van der Waals surface area contributed by atoms with Crippen molar-refractivity contribution >= 4 is 11.8 Å². The Balaban J connectivity index is 2.50. The summed E-state index contributed by atoms with van der Waals surface area (Å²) in [6.07, 6.45) is -1.53. The molecule has 106 valence electrons. The molecular weight excluding hydrogens is 248 g/mol. The highest BCUT2D eigenvalue weighted by Gasteiger charge is 2.16. The lowest BCUT2D eigenvalue weighted by Gasteiger charge is -2.19. The van der Waals surface area contributed by atoms with E-state index in [2.05, 4.69) is 5.32 Å². The van der Waals surface area contributed by atoms with Crippen molar-refractivity contribution in [1.29, 1.82) is 0 Å². The summed E-state index contributed by atoms with van der Waals surface area (Å²) in [6, 6.07) is 6.66. The van der Waals surface area contributed by atoms with Gasteiger partial charge in [-0.3, -0.25) is 5.32 Å². The summed E-state index contributed by atoms with van der Waals surface area (Å²) in [5.74, 6) is 0.555. The summed E-state index contributed by atoms with van der Waals surface area (Å²) in [4.78, 5) is 11.5. The second-order valence-electron chi connectivity index (χ2n) is 5.03. The normalized spacial score (nSPS) is 12.7. The van der Waals surface area contributed by atoms with E-state index in [1.54, 1.807) is 45.0 Å². The molecule has 19 heavy (non-hydrogen) atoms. The third kappa shape index (κ3) is 6.64. The van der Waals surface area contributed by atoms with Gasteiger partial charge in [-0.2, -0.15) is 0 Å². The summed E-state index contributed by atoms with van der Waals surface area (Å²) in [7, 11) is 0. The van der Waals surface area contributed by atoms with Crippen LogP contribution in [-0.2, 0) is 4.74 Å². The molecule has 1 aromatic carbocycles. The second kappa shape index (κ2) is 6.40. The zero-order valence-electron chi connectivity index (χ0n) is 11.3. The van der Waals surface area contributed by atoms with E-state index < -0.39 is 17.9 Å². The minimum atomic E-state index is -1.01. The summed E-state index contributed by atoms with van der Waals surface area (Å²) in [6.45, 7) is 5.39. The number of carbonyl (C=O) groups excluding carboxylic acids is 1. The van der Waals surface area contributed by atoms with Gasteiger partial charge in [0.1, 0.15) is 24.2 Å². The molecule has 4 N–H and O–H groups in total. The van der Waals surface area contributed by atoms with Gasteiger partial charge in [0.25, 0.3) is 0 Å². The summed E-state index contributed by atoms with van der Waals surface area (Å²) in [5.41, 5.74) is 5.21. The molecule has 0 bridgehead atoms. The van der Waals surface area contributed by atoms with Crippen molar-refractivity contribution in [2.75, 3.05) is 11.9 Å². The van der Waals surface area contributed by atoms with E-state index in [1.807, 2.05) is 0 Å². The maximum absolute atomic E-state index is 11.5. The number of anilines is 1. The van der Waals surface area contributed by atoms with Crippen LogP contribution >= 0.6 is 0 Å². The molecule has 1 atom stereocenters. The number of aliphatic hydroxyl groups excluding tert-OH is 1. The number of ether oxygens (including phenoxy) is 2. The molecule has 6 nitrogen and oxygen atoms in total. The Morgan fingerprint density at radius 3 is 2.42 bits per heavy atom. The van der Waals surface area contributed by atoms with E-state index in [0.29, 0.717) is 11.4 Å². The van der Waals surface area contributed by atoms with Crippen LogP contribution in [0.25, 0.3) is 0 Å². The first-order chi connectivity index (χ1) is 8.76. The molecule has 0 radical (unpaired) electrons. The van der Waals surface area contributed by atoms with E-state index in [9.17, 15) is 4.79 Å². The average molecular weight is 268 g/mol. The Bertz CT molecular complexity index is 410. The SMILES string of the molecule is CC(C)(C)OC(=O)Nc1ccc(OCC(N)O)cc1. The molecular formula is C13H20N2O4. The van der Waals surface area contributed by atoms with Gasteiger partial charge in [0.15, 0.2) is 0 Å². The van der Waals surface area contributed by atoms with Crippen LogP contribution in [0.3, 0.4) is 0 Å². The van der Waals surface area contributed by atoms with Crippen molar-refractivity contribution in [3.05, 3.63) is 24.3 Å². The number of rotatable bonds is 4. The van der Waals surface area contributed by atoms with Crippen LogP contribution in [-0.4, -0.2) is 29.6 Å². The lowest BCUT2D eigenvalue weighted by Crippen LogP contribution is -2.27. The molecule has 0 aliphatic carbocycles. The molecule has 0 saturated carbocycles. The Morgan fingerprint density at radius 2 is 1.95 bits per heavy atom. The van der Waals surface area contributed by atoms with Gasteiger partial charge in [-0.25, -0.2) is 4.79 Å². The van der Waals surface area contributed by atoms with Crippen molar-refractivity contribution in [2.24, 2.45) is 5.73 Å². The largest absolute Gasteiger partial charge is 0.489 e. The van der Waals surface area contributed by atoms with Gasteiger partial charge in [-0.15, -0.1) is 0 Å². The molecule has 0 fully saturated rings. The van der Waals surface area contributed by atoms with Crippen LogP contribution in [0, 0.1) is 0 Å². The highest BCUT2D eigenvalue weighted by Crippen LogP contribution is 2.17. The average Bonchev–Trinajstić information content (AvgIpc) is 2.25. The molecule has 0 aromatic heterocycles. The van der Waals surface area contributed by atoms with Crippen LogP contribution in [0.5, 0.6) is 5.75 Å². The number of nitrogens with two attached hydrogens (primary N) is 1. The predicted molar refractivity (Wildman–Crippen MR) is 72.0 cm³/mol. The zero-order valence-corrected chi connectivity index (χ0v) is 11.3. The van der Waals surface area contributed by atoms with Gasteiger partial charge in [0.05, 0.1) is 0 Å². The van der Waals surface area contributed by atoms with E-state index in [1.165, 1.54) is 0 Å². The first-order valence-electron chi connectivity index (χ1n) is 5.93. The molecule has 1 rings (SSSR count). The molecule has 0 aliphatic heterocycles. The van der Waals surface area contributed by atoms with Gasteiger partial charge < -0.3 is 20.3 Å². The van der Waals surface area contributed by atoms with Gasteiger partial charge in [-0.05, 0) is 45.0 Å². The Hall–Kier alpha value is -1.79. The fraction of sp³-hybridized carbons (Fsp3) is 0.462. The Labute approximate surface area is 112 Å². The number of nitrogens with one attached hydrogen (secondary N) is 1. The molecule has 0 heterocycles. The molecule has 0 spiro atoms. The van der Waals surface area contributed by atoms with Crippen LogP contribution in [0.15, 0.2) is 24.3 Å². The number of benzene rings is 1. The lowest BCUT2D eigenvalue weighted by atomic mass is 10.2. The Kier molecular flexibility index (Phi) is 5.14.